The number of piperidine rings is 2. The summed E-state index contributed by atoms with van der Waals surface area (Å²) in [5.74, 6) is 1.43. The number of hydrogen-bond acceptors (Lipinski definition) is 4. The molecule has 3 heterocycles. The predicted molar refractivity (Wildman–Crippen MR) is 117 cm³/mol. The number of hydrogen-bond donors (Lipinski definition) is 2. The fraction of sp³-hybridized carbons (Fsp3) is 0.762. The average Bonchev–Trinajstić information content (AvgIpc) is 3.25. The van der Waals surface area contributed by atoms with Gasteiger partial charge in [0.15, 0.2) is 5.96 Å². The summed E-state index contributed by atoms with van der Waals surface area (Å²) in [6.07, 6.45) is 6.59. The molecule has 0 saturated carbocycles. The molecule has 1 aromatic heterocycles. The second-order valence-corrected chi connectivity index (χ2v) is 9.12. The van der Waals surface area contributed by atoms with E-state index in [0.29, 0.717) is 5.92 Å². The molecule has 2 saturated heterocycles. The molecule has 0 radical (unpaired) electrons. The van der Waals surface area contributed by atoms with Crippen LogP contribution in [0.25, 0.3) is 0 Å². The Balaban J connectivity index is 1.56. The second-order valence-electron chi connectivity index (χ2n) is 8.34. The van der Waals surface area contributed by atoms with E-state index in [0.717, 1.165) is 19.0 Å². The van der Waals surface area contributed by atoms with Gasteiger partial charge in [-0.05, 0) is 87.2 Å². The Morgan fingerprint density at radius 2 is 1.93 bits per heavy atom. The highest BCUT2D eigenvalue weighted by molar-refractivity contribution is 7.07. The van der Waals surface area contributed by atoms with Crippen LogP contribution in [0.5, 0.6) is 0 Å². The standard InChI is InChI=1S/C21H37N5S/c1-18(19-7-14-27-16-19)15-23-20(22-2)24-17-21(8-12-25(3)13-9-21)26-10-5-4-6-11-26/h7,14,16,18H,4-6,8-13,15,17H2,1-3H3,(H2,22,23,24). The molecule has 2 fully saturated rings. The molecule has 0 bridgehead atoms. The minimum Gasteiger partial charge on any atom is -0.356 e. The summed E-state index contributed by atoms with van der Waals surface area (Å²) in [6.45, 7) is 9.08. The highest BCUT2D eigenvalue weighted by Gasteiger charge is 2.39. The lowest BCUT2D eigenvalue weighted by Gasteiger charge is -2.50. The van der Waals surface area contributed by atoms with Crippen LogP contribution >= 0.6 is 11.3 Å². The van der Waals surface area contributed by atoms with Crippen LogP contribution in [0.1, 0.15) is 50.5 Å². The van der Waals surface area contributed by atoms with Crippen molar-refractivity contribution in [2.75, 3.05) is 53.4 Å². The summed E-state index contributed by atoms with van der Waals surface area (Å²) in [5, 5.41) is 11.6. The molecule has 0 spiro atoms. The second kappa shape index (κ2) is 9.89. The monoisotopic (exact) mass is 391 g/mol. The molecular weight excluding hydrogens is 354 g/mol. The summed E-state index contributed by atoms with van der Waals surface area (Å²) in [5.41, 5.74) is 1.69. The van der Waals surface area contributed by atoms with Gasteiger partial charge >= 0.3 is 0 Å². The zero-order valence-corrected chi connectivity index (χ0v) is 18.2. The Bertz CT molecular complexity index is 571. The highest BCUT2D eigenvalue weighted by atomic mass is 32.1. The van der Waals surface area contributed by atoms with Crippen molar-refractivity contribution in [3.63, 3.8) is 0 Å². The van der Waals surface area contributed by atoms with E-state index >= 15 is 0 Å². The molecular formula is C21H37N5S. The third-order valence-corrected chi connectivity index (χ3v) is 7.14. The third-order valence-electron chi connectivity index (χ3n) is 6.44. The predicted octanol–water partition coefficient (Wildman–Crippen LogP) is 2.97. The lowest BCUT2D eigenvalue weighted by atomic mass is 9.84. The normalized spacial score (nSPS) is 23.1. The van der Waals surface area contributed by atoms with E-state index in [-0.39, 0.29) is 5.54 Å². The van der Waals surface area contributed by atoms with E-state index in [9.17, 15) is 0 Å². The van der Waals surface area contributed by atoms with Crippen LogP contribution in [0, 0.1) is 0 Å². The Morgan fingerprint density at radius 3 is 2.56 bits per heavy atom. The number of rotatable bonds is 6. The molecule has 27 heavy (non-hydrogen) atoms. The average molecular weight is 392 g/mol. The van der Waals surface area contributed by atoms with Gasteiger partial charge in [0.2, 0.25) is 0 Å². The van der Waals surface area contributed by atoms with Crippen molar-refractivity contribution >= 4 is 17.3 Å². The molecule has 1 aromatic rings. The fourth-order valence-corrected chi connectivity index (χ4v) is 5.18. The van der Waals surface area contributed by atoms with E-state index in [1.165, 1.54) is 63.8 Å². The fourth-order valence-electron chi connectivity index (χ4n) is 4.40. The van der Waals surface area contributed by atoms with E-state index in [2.05, 4.69) is 56.2 Å². The number of likely N-dealkylation sites (tertiary alicyclic amines) is 2. The van der Waals surface area contributed by atoms with Crippen LogP contribution in [-0.2, 0) is 0 Å². The summed E-state index contributed by atoms with van der Waals surface area (Å²) in [6, 6.07) is 2.22. The molecule has 2 aliphatic heterocycles. The molecule has 2 N–H and O–H groups in total. The lowest BCUT2D eigenvalue weighted by Crippen LogP contribution is -2.62. The van der Waals surface area contributed by atoms with E-state index < -0.39 is 0 Å². The largest absolute Gasteiger partial charge is 0.356 e. The third kappa shape index (κ3) is 5.46. The van der Waals surface area contributed by atoms with Crippen LogP contribution in [0.4, 0.5) is 0 Å². The van der Waals surface area contributed by atoms with Gasteiger partial charge in [-0.1, -0.05) is 13.3 Å². The maximum Gasteiger partial charge on any atom is 0.191 e. The smallest absolute Gasteiger partial charge is 0.191 e. The molecule has 1 unspecified atom stereocenters. The molecule has 152 valence electrons. The van der Waals surface area contributed by atoms with Crippen LogP contribution in [0.3, 0.4) is 0 Å². The maximum absolute atomic E-state index is 4.49. The van der Waals surface area contributed by atoms with Crippen molar-refractivity contribution in [3.8, 4) is 0 Å². The van der Waals surface area contributed by atoms with Crippen LogP contribution in [-0.4, -0.2) is 74.7 Å². The Morgan fingerprint density at radius 1 is 1.19 bits per heavy atom. The zero-order chi connectivity index (χ0) is 19.1. The molecule has 1 atom stereocenters. The van der Waals surface area contributed by atoms with Gasteiger partial charge in [0, 0.05) is 25.7 Å². The van der Waals surface area contributed by atoms with Gasteiger partial charge in [0.25, 0.3) is 0 Å². The van der Waals surface area contributed by atoms with Gasteiger partial charge < -0.3 is 15.5 Å². The molecule has 6 heteroatoms. The molecule has 0 aliphatic carbocycles. The first-order chi connectivity index (χ1) is 13.1. The summed E-state index contributed by atoms with van der Waals surface area (Å²) < 4.78 is 0. The summed E-state index contributed by atoms with van der Waals surface area (Å²) >= 11 is 1.77. The molecule has 3 rings (SSSR count). The van der Waals surface area contributed by atoms with Crippen molar-refractivity contribution in [3.05, 3.63) is 22.4 Å². The number of thiophene rings is 1. The van der Waals surface area contributed by atoms with Crippen molar-refractivity contribution < 1.29 is 0 Å². The molecule has 0 amide bonds. The molecule has 5 nitrogen and oxygen atoms in total. The number of guanidine groups is 1. The van der Waals surface area contributed by atoms with Gasteiger partial charge in [-0.3, -0.25) is 9.89 Å². The topological polar surface area (TPSA) is 42.9 Å². The summed E-state index contributed by atoms with van der Waals surface area (Å²) in [7, 11) is 4.13. The van der Waals surface area contributed by atoms with Crippen LogP contribution in [0.2, 0.25) is 0 Å². The van der Waals surface area contributed by atoms with Gasteiger partial charge in [-0.2, -0.15) is 11.3 Å². The molecule has 0 aromatic carbocycles. The maximum atomic E-state index is 4.49. The van der Waals surface area contributed by atoms with E-state index in [1.54, 1.807) is 11.3 Å². The van der Waals surface area contributed by atoms with E-state index in [1.807, 2.05) is 7.05 Å². The minimum atomic E-state index is 0.281. The quantitative estimate of drug-likeness (QED) is 0.578. The van der Waals surface area contributed by atoms with Gasteiger partial charge in [-0.25, -0.2) is 0 Å². The van der Waals surface area contributed by atoms with Crippen molar-refractivity contribution in [2.24, 2.45) is 4.99 Å². The van der Waals surface area contributed by atoms with Gasteiger partial charge in [-0.15, -0.1) is 0 Å². The zero-order valence-electron chi connectivity index (χ0n) is 17.3. The number of nitrogens with zero attached hydrogens (tertiary/aromatic N) is 3. The van der Waals surface area contributed by atoms with E-state index in [4.69, 9.17) is 0 Å². The number of nitrogens with one attached hydrogen (secondary N) is 2. The Kier molecular flexibility index (Phi) is 7.56. The van der Waals surface area contributed by atoms with Gasteiger partial charge in [0.05, 0.1) is 0 Å². The lowest BCUT2D eigenvalue weighted by molar-refractivity contribution is 0.0173. The van der Waals surface area contributed by atoms with Crippen LogP contribution < -0.4 is 10.6 Å². The first kappa shape index (κ1) is 20.6. The van der Waals surface area contributed by atoms with Gasteiger partial charge in [0.1, 0.15) is 0 Å². The Hall–Kier alpha value is -1.11. The highest BCUT2D eigenvalue weighted by Crippen LogP contribution is 2.30. The SMILES string of the molecule is CN=C(NCC(C)c1ccsc1)NCC1(N2CCCCC2)CCN(C)CC1. The Labute approximate surface area is 169 Å². The van der Waals surface area contributed by atoms with Crippen molar-refractivity contribution in [2.45, 2.75) is 50.5 Å². The van der Waals surface area contributed by atoms with Crippen molar-refractivity contribution in [1.82, 2.24) is 20.4 Å². The minimum absolute atomic E-state index is 0.281. The van der Waals surface area contributed by atoms with Crippen molar-refractivity contribution in [1.29, 1.82) is 0 Å². The first-order valence-electron chi connectivity index (χ1n) is 10.5. The number of aliphatic imine (C=N–C) groups is 1. The first-order valence-corrected chi connectivity index (χ1v) is 11.5. The molecule has 2 aliphatic rings. The summed E-state index contributed by atoms with van der Waals surface area (Å²) in [4.78, 5) is 9.73. The van der Waals surface area contributed by atoms with Crippen LogP contribution in [0.15, 0.2) is 21.8 Å².